The SMILES string of the molecule is Cc1cc2cc(-n3cc4ccc(OC5CCCC5)cc4c3O)ccc2n1C. The minimum Gasteiger partial charge on any atom is -0.494 e. The van der Waals surface area contributed by atoms with Crippen molar-refractivity contribution in [2.75, 3.05) is 0 Å². The van der Waals surface area contributed by atoms with Crippen molar-refractivity contribution in [2.24, 2.45) is 7.05 Å². The second-order valence-electron chi connectivity index (χ2n) is 7.68. The van der Waals surface area contributed by atoms with E-state index in [-0.39, 0.29) is 5.88 Å². The maximum Gasteiger partial charge on any atom is 0.203 e. The van der Waals surface area contributed by atoms with Gasteiger partial charge in [-0.3, -0.25) is 4.57 Å². The van der Waals surface area contributed by atoms with Crippen molar-refractivity contribution >= 4 is 21.7 Å². The van der Waals surface area contributed by atoms with Crippen LogP contribution in [0.5, 0.6) is 11.6 Å². The molecule has 0 radical (unpaired) electrons. The quantitative estimate of drug-likeness (QED) is 0.527. The Morgan fingerprint density at radius 1 is 1.00 bits per heavy atom. The van der Waals surface area contributed by atoms with Crippen LogP contribution in [0, 0.1) is 6.92 Å². The molecule has 1 aliphatic carbocycles. The van der Waals surface area contributed by atoms with Gasteiger partial charge in [-0.25, -0.2) is 0 Å². The Kier molecular flexibility index (Phi) is 3.67. The molecule has 0 bridgehead atoms. The molecule has 0 spiro atoms. The van der Waals surface area contributed by atoms with Gasteiger partial charge in [-0.15, -0.1) is 0 Å². The molecule has 27 heavy (non-hydrogen) atoms. The van der Waals surface area contributed by atoms with E-state index in [1.165, 1.54) is 29.4 Å². The number of aromatic nitrogens is 2. The summed E-state index contributed by atoms with van der Waals surface area (Å²) < 4.78 is 10.1. The van der Waals surface area contributed by atoms with Crippen molar-refractivity contribution in [1.29, 1.82) is 0 Å². The number of ether oxygens (including phenoxy) is 1. The van der Waals surface area contributed by atoms with E-state index in [9.17, 15) is 5.11 Å². The molecule has 0 unspecified atom stereocenters. The number of fused-ring (bicyclic) bond motifs is 2. The topological polar surface area (TPSA) is 39.3 Å². The molecule has 4 nitrogen and oxygen atoms in total. The van der Waals surface area contributed by atoms with E-state index in [2.05, 4.69) is 42.8 Å². The van der Waals surface area contributed by atoms with E-state index in [1.54, 1.807) is 0 Å². The molecular weight excluding hydrogens is 336 g/mol. The van der Waals surface area contributed by atoms with Gasteiger partial charge in [-0.1, -0.05) is 0 Å². The fraction of sp³-hybridized carbons (Fsp3) is 0.304. The van der Waals surface area contributed by atoms with Crippen LogP contribution in [0.25, 0.3) is 27.4 Å². The zero-order valence-corrected chi connectivity index (χ0v) is 15.8. The van der Waals surface area contributed by atoms with Gasteiger partial charge in [-0.2, -0.15) is 0 Å². The van der Waals surface area contributed by atoms with Gasteiger partial charge in [0.25, 0.3) is 0 Å². The molecule has 0 amide bonds. The number of aryl methyl sites for hydroxylation is 2. The maximum absolute atomic E-state index is 10.9. The number of nitrogens with zero attached hydrogens (tertiary/aromatic N) is 2. The van der Waals surface area contributed by atoms with Gasteiger partial charge in [0.05, 0.1) is 6.10 Å². The Balaban J connectivity index is 1.56. The second-order valence-corrected chi connectivity index (χ2v) is 7.68. The molecule has 2 aromatic heterocycles. The van der Waals surface area contributed by atoms with E-state index in [1.807, 2.05) is 29.0 Å². The molecule has 0 aliphatic heterocycles. The summed E-state index contributed by atoms with van der Waals surface area (Å²) in [4.78, 5) is 0. The maximum atomic E-state index is 10.9. The summed E-state index contributed by atoms with van der Waals surface area (Å²) in [7, 11) is 2.07. The Hall–Kier alpha value is -2.88. The van der Waals surface area contributed by atoms with E-state index >= 15 is 0 Å². The van der Waals surface area contributed by atoms with Gasteiger partial charge in [0, 0.05) is 46.3 Å². The lowest BCUT2D eigenvalue weighted by Gasteiger charge is -2.12. The number of rotatable bonds is 3. The average molecular weight is 360 g/mol. The Morgan fingerprint density at radius 2 is 1.81 bits per heavy atom. The second kappa shape index (κ2) is 6.08. The summed E-state index contributed by atoms with van der Waals surface area (Å²) in [5.74, 6) is 1.10. The van der Waals surface area contributed by atoms with Crippen LogP contribution in [0.4, 0.5) is 0 Å². The summed E-state index contributed by atoms with van der Waals surface area (Å²) in [6, 6.07) is 14.5. The number of hydrogen-bond donors (Lipinski definition) is 1. The minimum atomic E-state index is 0.258. The van der Waals surface area contributed by atoms with Gasteiger partial charge in [0.15, 0.2) is 0 Å². The van der Waals surface area contributed by atoms with Crippen LogP contribution in [0.3, 0.4) is 0 Å². The Bertz CT molecular complexity index is 1150. The number of benzene rings is 2. The largest absolute Gasteiger partial charge is 0.494 e. The molecule has 0 saturated heterocycles. The normalized spacial score (nSPS) is 15.2. The Labute approximate surface area is 158 Å². The van der Waals surface area contributed by atoms with Crippen LogP contribution in [0.1, 0.15) is 31.4 Å². The predicted octanol–water partition coefficient (Wildman–Crippen LogP) is 5.46. The zero-order chi connectivity index (χ0) is 18.5. The third kappa shape index (κ3) is 2.67. The monoisotopic (exact) mass is 360 g/mol. The highest BCUT2D eigenvalue weighted by atomic mass is 16.5. The minimum absolute atomic E-state index is 0.258. The lowest BCUT2D eigenvalue weighted by molar-refractivity contribution is 0.210. The molecule has 138 valence electrons. The predicted molar refractivity (Wildman–Crippen MR) is 109 cm³/mol. The molecule has 4 heteroatoms. The Morgan fingerprint density at radius 3 is 2.63 bits per heavy atom. The zero-order valence-electron chi connectivity index (χ0n) is 15.8. The van der Waals surface area contributed by atoms with E-state index in [4.69, 9.17) is 4.74 Å². The highest BCUT2D eigenvalue weighted by Gasteiger charge is 2.18. The smallest absolute Gasteiger partial charge is 0.203 e. The van der Waals surface area contributed by atoms with Gasteiger partial charge in [-0.05, 0) is 75.1 Å². The van der Waals surface area contributed by atoms with Gasteiger partial charge in [0.1, 0.15) is 5.75 Å². The molecule has 1 saturated carbocycles. The average Bonchev–Trinajstić information content (AvgIpc) is 3.36. The lowest BCUT2D eigenvalue weighted by Crippen LogP contribution is -2.10. The van der Waals surface area contributed by atoms with E-state index in [0.717, 1.165) is 35.1 Å². The summed E-state index contributed by atoms with van der Waals surface area (Å²) in [5, 5.41) is 13.9. The van der Waals surface area contributed by atoms with Gasteiger partial charge < -0.3 is 14.4 Å². The fourth-order valence-corrected chi connectivity index (χ4v) is 4.27. The summed E-state index contributed by atoms with van der Waals surface area (Å²) in [5.41, 5.74) is 3.37. The first-order chi connectivity index (χ1) is 13.1. The summed E-state index contributed by atoms with van der Waals surface area (Å²) in [6.45, 7) is 2.10. The molecule has 1 aliphatic rings. The van der Waals surface area contributed by atoms with Crippen LogP contribution in [-0.2, 0) is 7.05 Å². The van der Waals surface area contributed by atoms with E-state index in [0.29, 0.717) is 6.10 Å². The highest BCUT2D eigenvalue weighted by molar-refractivity contribution is 5.91. The van der Waals surface area contributed by atoms with E-state index < -0.39 is 0 Å². The molecular formula is C23H24N2O2. The standard InChI is InChI=1S/C23H24N2O2/c1-15-11-17-12-18(8-10-22(17)24(15)2)25-14-16-7-9-20(13-21(16)23(25)26)27-19-5-3-4-6-19/h7-14,19,26H,3-6H2,1-2H3. The molecule has 2 heterocycles. The van der Waals surface area contributed by atoms with Crippen molar-refractivity contribution < 1.29 is 9.84 Å². The highest BCUT2D eigenvalue weighted by Crippen LogP contribution is 2.35. The van der Waals surface area contributed by atoms with Crippen molar-refractivity contribution in [3.05, 3.63) is 54.4 Å². The number of aromatic hydroxyl groups is 1. The fourth-order valence-electron chi connectivity index (χ4n) is 4.27. The van der Waals surface area contributed by atoms with Gasteiger partial charge in [0.2, 0.25) is 5.88 Å². The summed E-state index contributed by atoms with van der Waals surface area (Å²) >= 11 is 0. The van der Waals surface area contributed by atoms with Gasteiger partial charge >= 0.3 is 0 Å². The van der Waals surface area contributed by atoms with Crippen LogP contribution in [0.2, 0.25) is 0 Å². The molecule has 4 aromatic rings. The van der Waals surface area contributed by atoms with Crippen LogP contribution in [-0.4, -0.2) is 20.3 Å². The molecule has 0 atom stereocenters. The third-order valence-electron chi connectivity index (χ3n) is 5.91. The van der Waals surface area contributed by atoms with Crippen molar-refractivity contribution in [3.8, 4) is 17.3 Å². The van der Waals surface area contributed by atoms with Crippen molar-refractivity contribution in [2.45, 2.75) is 38.7 Å². The van der Waals surface area contributed by atoms with Crippen molar-refractivity contribution in [3.63, 3.8) is 0 Å². The van der Waals surface area contributed by atoms with Crippen LogP contribution in [0.15, 0.2) is 48.7 Å². The van der Waals surface area contributed by atoms with Crippen molar-refractivity contribution in [1.82, 2.24) is 9.13 Å². The number of hydrogen-bond acceptors (Lipinski definition) is 2. The van der Waals surface area contributed by atoms with Crippen LogP contribution < -0.4 is 4.74 Å². The first kappa shape index (κ1) is 16.3. The molecule has 1 N–H and O–H groups in total. The van der Waals surface area contributed by atoms with Crippen LogP contribution >= 0.6 is 0 Å². The molecule has 5 rings (SSSR count). The lowest BCUT2D eigenvalue weighted by atomic mass is 10.2. The first-order valence-electron chi connectivity index (χ1n) is 9.67. The third-order valence-corrected chi connectivity index (χ3v) is 5.91. The summed E-state index contributed by atoms with van der Waals surface area (Å²) in [6.07, 6.45) is 7.05. The first-order valence-corrected chi connectivity index (χ1v) is 9.67. The molecule has 1 fully saturated rings. The molecule has 2 aromatic carbocycles.